The lowest BCUT2D eigenvalue weighted by Gasteiger charge is -2.29. The number of rotatable bonds is 7. The van der Waals surface area contributed by atoms with Crippen LogP contribution in [0.3, 0.4) is 0 Å². The number of halogens is 1. The molecule has 356 valence electrons. The molecule has 9 fully saturated rings. The van der Waals surface area contributed by atoms with E-state index in [0.29, 0.717) is 56.4 Å². The molecule has 0 bridgehead atoms. The highest BCUT2D eigenvalue weighted by Crippen LogP contribution is 2.50. The summed E-state index contributed by atoms with van der Waals surface area (Å²) in [7, 11) is 0. The molecule has 3 heterocycles. The number of hydrogen-bond acceptors (Lipinski definition) is 12. The lowest BCUT2D eigenvalue weighted by atomic mass is 9.95. The molecular formula is C48H76ClN9O6. The standard InChI is InChI=1S/2C16H25N3O2.C9H17NO.C7H9ClN2O/c2*1-16(7-11-5-14(20)6-12(11)8-16)18-10-15(21)19-4-2-3-13(19)9-17;1-9(10)4-6-2-8(11)3-7(6)5-9;8-4-7(11)10-3-1-2-6(10)5-9/h2*11-14,18,20H,2-8,10H2,1H3;6-8,11H,2-5,10H2,1H3;6H,1-4H2/t2*11-,12+,13-,14?,16?;6-,7+,8?,9?;6-/m00.0/s1. The van der Waals surface area contributed by atoms with Gasteiger partial charge in [-0.25, -0.2) is 0 Å². The lowest BCUT2D eigenvalue weighted by molar-refractivity contribution is -0.131. The van der Waals surface area contributed by atoms with Gasteiger partial charge in [0.15, 0.2) is 0 Å². The van der Waals surface area contributed by atoms with Gasteiger partial charge >= 0.3 is 0 Å². The van der Waals surface area contributed by atoms with Crippen molar-refractivity contribution in [2.75, 3.05) is 38.6 Å². The van der Waals surface area contributed by atoms with Crippen molar-refractivity contribution < 1.29 is 29.7 Å². The van der Waals surface area contributed by atoms with Crippen LogP contribution >= 0.6 is 11.6 Å². The molecule has 15 nitrogen and oxygen atoms in total. The Balaban J connectivity index is 0.000000148. The van der Waals surface area contributed by atoms with E-state index in [-0.39, 0.29) is 76.7 Å². The number of fused-ring (bicyclic) bond motifs is 3. The van der Waals surface area contributed by atoms with E-state index in [1.807, 2.05) is 0 Å². The van der Waals surface area contributed by atoms with Gasteiger partial charge in [-0.3, -0.25) is 14.4 Å². The number of nitrogens with two attached hydrogens (primary N) is 1. The van der Waals surface area contributed by atoms with Gasteiger partial charge in [0, 0.05) is 36.3 Å². The first kappa shape index (κ1) is 50.3. The van der Waals surface area contributed by atoms with Gasteiger partial charge in [0.25, 0.3) is 0 Å². The molecule has 9 aliphatic rings. The number of hydrogen-bond donors (Lipinski definition) is 6. The SMILES string of the molecule is CC1(N)C[C@H]2CC(O)C[C@H]2C1.CC1(NCC(=O)N2CCC[C@H]2C#N)C[C@H]2CC(O)C[C@H]2C1.CC1(NCC(=O)N2CCC[C@H]2C#N)C[C@H]2CC(O)C[C@H]2C1.N#C[C@@H]1CCCN1C(=O)CCl. The van der Waals surface area contributed by atoms with Gasteiger partial charge in [-0.2, -0.15) is 15.8 Å². The summed E-state index contributed by atoms with van der Waals surface area (Å²) in [6.45, 7) is 9.29. The van der Waals surface area contributed by atoms with Gasteiger partial charge in [-0.1, -0.05) is 0 Å². The monoisotopic (exact) mass is 910 g/mol. The maximum absolute atomic E-state index is 12.3. The predicted octanol–water partition coefficient (Wildman–Crippen LogP) is 3.68. The summed E-state index contributed by atoms with van der Waals surface area (Å²) < 4.78 is 0. The molecule has 0 aromatic rings. The van der Waals surface area contributed by atoms with Gasteiger partial charge in [-0.05, 0) is 172 Å². The van der Waals surface area contributed by atoms with Crippen LogP contribution in [-0.4, -0.2) is 139 Å². The summed E-state index contributed by atoms with van der Waals surface area (Å²) in [5, 5.41) is 62.4. The Hall–Kier alpha value is -3.07. The smallest absolute Gasteiger partial charge is 0.238 e. The molecule has 6 unspecified atom stereocenters. The zero-order valence-corrected chi connectivity index (χ0v) is 39.4. The van der Waals surface area contributed by atoms with E-state index in [1.54, 1.807) is 14.7 Å². The van der Waals surface area contributed by atoms with Crippen LogP contribution in [0.2, 0.25) is 0 Å². The molecule has 0 aromatic heterocycles. The Labute approximate surface area is 386 Å². The number of carbonyl (C=O) groups is 3. The van der Waals surface area contributed by atoms with Crippen molar-refractivity contribution in [1.82, 2.24) is 25.3 Å². The number of carbonyl (C=O) groups excluding carboxylic acids is 3. The summed E-state index contributed by atoms with van der Waals surface area (Å²) in [5.74, 6) is 3.82. The van der Waals surface area contributed by atoms with Crippen LogP contribution in [0.4, 0.5) is 0 Å². The third kappa shape index (κ3) is 12.7. The van der Waals surface area contributed by atoms with Gasteiger partial charge in [0.2, 0.25) is 17.7 Å². The Morgan fingerprint density at radius 2 is 0.844 bits per heavy atom. The van der Waals surface area contributed by atoms with Crippen molar-refractivity contribution >= 4 is 29.3 Å². The quantitative estimate of drug-likeness (QED) is 0.201. The van der Waals surface area contributed by atoms with E-state index in [9.17, 15) is 29.7 Å². The molecule has 3 amide bonds. The minimum atomic E-state index is -0.235. The fraction of sp³-hybridized carbons (Fsp3) is 0.875. The van der Waals surface area contributed by atoms with Crippen LogP contribution in [0.1, 0.15) is 136 Å². The summed E-state index contributed by atoms with van der Waals surface area (Å²) >= 11 is 5.35. The number of likely N-dealkylation sites (tertiary alicyclic amines) is 3. The molecule has 9 rings (SSSR count). The highest BCUT2D eigenvalue weighted by Gasteiger charge is 2.49. The van der Waals surface area contributed by atoms with Crippen LogP contribution in [0.25, 0.3) is 0 Å². The Morgan fingerprint density at radius 1 is 0.562 bits per heavy atom. The highest BCUT2D eigenvalue weighted by molar-refractivity contribution is 6.27. The molecule has 0 spiro atoms. The summed E-state index contributed by atoms with van der Waals surface area (Å²) in [4.78, 5) is 40.6. The molecule has 16 heteroatoms. The minimum absolute atomic E-state index is 0.00694. The van der Waals surface area contributed by atoms with E-state index in [4.69, 9.17) is 33.1 Å². The largest absolute Gasteiger partial charge is 0.393 e. The van der Waals surface area contributed by atoms with Gasteiger partial charge in [0.1, 0.15) is 24.0 Å². The lowest BCUT2D eigenvalue weighted by Crippen LogP contribution is -2.48. The Kier molecular flexibility index (Phi) is 17.1. The molecule has 6 saturated carbocycles. The molecular weight excluding hydrogens is 834 g/mol. The second kappa shape index (κ2) is 21.7. The number of amides is 3. The van der Waals surface area contributed by atoms with Crippen LogP contribution in [0, 0.1) is 69.5 Å². The highest BCUT2D eigenvalue weighted by atomic mass is 35.5. The van der Waals surface area contributed by atoms with Crippen molar-refractivity contribution in [3.05, 3.63) is 0 Å². The molecule has 64 heavy (non-hydrogen) atoms. The van der Waals surface area contributed by atoms with E-state index < -0.39 is 0 Å². The van der Waals surface area contributed by atoms with Crippen molar-refractivity contribution in [2.45, 2.75) is 189 Å². The van der Waals surface area contributed by atoms with Crippen molar-refractivity contribution in [2.24, 2.45) is 41.2 Å². The van der Waals surface area contributed by atoms with E-state index >= 15 is 0 Å². The maximum atomic E-state index is 12.3. The summed E-state index contributed by atoms with van der Waals surface area (Å²) in [5.41, 5.74) is 6.11. The van der Waals surface area contributed by atoms with E-state index in [1.165, 1.54) is 0 Å². The number of alkyl halides is 1. The molecule has 0 aromatic carbocycles. The van der Waals surface area contributed by atoms with E-state index in [2.05, 4.69) is 49.6 Å². The Bertz CT molecular complexity index is 1640. The van der Waals surface area contributed by atoms with Crippen LogP contribution < -0.4 is 16.4 Å². The molecule has 3 aliphatic heterocycles. The fourth-order valence-electron chi connectivity index (χ4n) is 13.5. The molecule has 3 saturated heterocycles. The van der Waals surface area contributed by atoms with E-state index in [0.717, 1.165) is 127 Å². The topological polar surface area (TPSA) is 243 Å². The Morgan fingerprint density at radius 3 is 1.12 bits per heavy atom. The third-order valence-corrected chi connectivity index (χ3v) is 16.6. The van der Waals surface area contributed by atoms with Gasteiger partial charge in [0.05, 0.1) is 49.6 Å². The summed E-state index contributed by atoms with van der Waals surface area (Å²) in [6, 6.07) is 5.82. The number of aliphatic hydroxyl groups is 3. The first-order valence-corrected chi connectivity index (χ1v) is 24.9. The minimum Gasteiger partial charge on any atom is -0.393 e. The normalized spacial score (nSPS) is 41.3. The molecule has 7 N–H and O–H groups in total. The van der Waals surface area contributed by atoms with Gasteiger partial charge in [-0.15, -0.1) is 11.6 Å². The van der Waals surface area contributed by atoms with Crippen LogP contribution in [0.5, 0.6) is 0 Å². The number of nitrogens with one attached hydrogen (secondary N) is 2. The van der Waals surface area contributed by atoms with Crippen molar-refractivity contribution in [3.8, 4) is 18.2 Å². The molecule has 15 atom stereocenters. The molecule has 6 aliphatic carbocycles. The number of aliphatic hydroxyl groups excluding tert-OH is 3. The second-order valence-electron chi connectivity index (χ2n) is 21.9. The van der Waals surface area contributed by atoms with Crippen molar-refractivity contribution in [3.63, 3.8) is 0 Å². The van der Waals surface area contributed by atoms with Crippen LogP contribution in [-0.2, 0) is 14.4 Å². The van der Waals surface area contributed by atoms with Crippen molar-refractivity contribution in [1.29, 1.82) is 15.8 Å². The third-order valence-electron chi connectivity index (χ3n) is 16.4. The fourth-order valence-corrected chi connectivity index (χ4v) is 13.7. The summed E-state index contributed by atoms with van der Waals surface area (Å²) in [6.07, 6.45) is 17.0. The zero-order chi connectivity index (χ0) is 46.4. The first-order valence-electron chi connectivity index (χ1n) is 24.3. The number of nitrogens with zero attached hydrogens (tertiary/aromatic N) is 6. The second-order valence-corrected chi connectivity index (χ2v) is 22.2. The average Bonchev–Trinajstić information content (AvgIpc) is 4.11. The van der Waals surface area contributed by atoms with Crippen LogP contribution in [0.15, 0.2) is 0 Å². The first-order chi connectivity index (χ1) is 30.4. The van der Waals surface area contributed by atoms with Gasteiger partial charge < -0.3 is 46.4 Å². The zero-order valence-electron chi connectivity index (χ0n) is 38.6. The maximum Gasteiger partial charge on any atom is 0.238 e. The predicted molar refractivity (Wildman–Crippen MR) is 242 cm³/mol. The average molecular weight is 911 g/mol. The number of nitriles is 3. The molecule has 0 radical (unpaired) electrons.